The Bertz CT molecular complexity index is 238. The summed E-state index contributed by atoms with van der Waals surface area (Å²) in [6.45, 7) is 2.13. The van der Waals surface area contributed by atoms with Crippen molar-refractivity contribution in [1.82, 2.24) is 9.59 Å². The van der Waals surface area contributed by atoms with Crippen molar-refractivity contribution in [1.29, 1.82) is 0 Å². The summed E-state index contributed by atoms with van der Waals surface area (Å²) >= 11 is 5.06. The molecule has 0 radical (unpaired) electrons. The Morgan fingerprint density at radius 2 is 2.36 bits per heavy atom. The molecule has 4 heteroatoms. The molecule has 2 rings (SSSR count). The van der Waals surface area contributed by atoms with Gasteiger partial charge in [0.1, 0.15) is 0 Å². The number of rotatable bonds is 2. The second kappa shape index (κ2) is 2.83. The zero-order chi connectivity index (χ0) is 7.84. The number of alkyl halides is 1. The average molecular weight is 233 g/mol. The summed E-state index contributed by atoms with van der Waals surface area (Å²) < 4.78 is 3.97. The summed E-state index contributed by atoms with van der Waals surface area (Å²) in [6.07, 6.45) is 2.61. The zero-order valence-electron chi connectivity index (χ0n) is 6.25. The van der Waals surface area contributed by atoms with Crippen LogP contribution in [0.25, 0.3) is 0 Å². The highest BCUT2D eigenvalue weighted by atomic mass is 79.9. The largest absolute Gasteiger partial charge is 0.143 e. The van der Waals surface area contributed by atoms with Gasteiger partial charge in [-0.15, -0.1) is 5.10 Å². The Labute approximate surface area is 78.3 Å². The quantitative estimate of drug-likeness (QED) is 0.734. The smallest absolute Gasteiger partial charge is 0.0829 e. The Morgan fingerprint density at radius 1 is 1.64 bits per heavy atom. The average Bonchev–Trinajstić information content (AvgIpc) is 2.68. The molecule has 1 saturated carbocycles. The summed E-state index contributed by atoms with van der Waals surface area (Å²) in [7, 11) is 0. The van der Waals surface area contributed by atoms with Crippen LogP contribution in [0.2, 0.25) is 0 Å². The number of aromatic nitrogens is 2. The van der Waals surface area contributed by atoms with Crippen LogP contribution in [0.15, 0.2) is 0 Å². The molecular formula is C7H9BrN2S. The fourth-order valence-electron chi connectivity index (χ4n) is 1.12. The van der Waals surface area contributed by atoms with Crippen LogP contribution in [-0.4, -0.2) is 9.59 Å². The first kappa shape index (κ1) is 7.68. The van der Waals surface area contributed by atoms with Crippen LogP contribution in [0.3, 0.4) is 0 Å². The monoisotopic (exact) mass is 232 g/mol. The molecule has 1 heterocycles. The minimum absolute atomic E-state index is 0.415. The first-order valence-electron chi connectivity index (χ1n) is 3.75. The van der Waals surface area contributed by atoms with E-state index in [2.05, 4.69) is 32.4 Å². The van der Waals surface area contributed by atoms with Crippen LogP contribution in [0.1, 0.15) is 41.1 Å². The van der Waals surface area contributed by atoms with Gasteiger partial charge in [0, 0.05) is 10.7 Å². The van der Waals surface area contributed by atoms with Crippen LogP contribution in [-0.2, 0) is 0 Å². The van der Waals surface area contributed by atoms with Crippen LogP contribution >= 0.6 is 27.5 Å². The van der Waals surface area contributed by atoms with Crippen molar-refractivity contribution >= 4 is 27.5 Å². The maximum absolute atomic E-state index is 4.14. The van der Waals surface area contributed by atoms with E-state index in [1.165, 1.54) is 34.9 Å². The van der Waals surface area contributed by atoms with Crippen LogP contribution in [0.5, 0.6) is 0 Å². The van der Waals surface area contributed by atoms with E-state index in [-0.39, 0.29) is 0 Å². The van der Waals surface area contributed by atoms with E-state index in [0.717, 1.165) is 5.92 Å². The molecule has 0 aromatic carbocycles. The Balaban J connectivity index is 2.30. The second-order valence-corrected chi connectivity index (χ2v) is 5.07. The molecule has 1 aliphatic rings. The summed E-state index contributed by atoms with van der Waals surface area (Å²) in [5.74, 6) is 0.726. The highest BCUT2D eigenvalue weighted by molar-refractivity contribution is 9.09. The minimum atomic E-state index is 0.415. The molecule has 0 bridgehead atoms. The fourth-order valence-corrected chi connectivity index (χ4v) is 2.27. The molecule has 0 aliphatic heterocycles. The molecule has 1 aromatic rings. The van der Waals surface area contributed by atoms with E-state index in [9.17, 15) is 0 Å². The molecular weight excluding hydrogens is 224 g/mol. The molecule has 0 amide bonds. The Morgan fingerprint density at radius 3 is 2.91 bits per heavy atom. The normalized spacial score (nSPS) is 20.2. The minimum Gasteiger partial charge on any atom is -0.143 e. The predicted molar refractivity (Wildman–Crippen MR) is 49.2 cm³/mol. The van der Waals surface area contributed by atoms with Gasteiger partial charge in [-0.3, -0.25) is 0 Å². The number of hydrogen-bond donors (Lipinski definition) is 0. The van der Waals surface area contributed by atoms with Gasteiger partial charge in [-0.2, -0.15) is 0 Å². The summed E-state index contributed by atoms with van der Waals surface area (Å²) in [4.78, 5) is 1.73. The molecule has 1 unspecified atom stereocenters. The van der Waals surface area contributed by atoms with Gasteiger partial charge in [-0.05, 0) is 31.3 Å². The van der Waals surface area contributed by atoms with Crippen molar-refractivity contribution in [2.75, 3.05) is 0 Å². The third-order valence-electron chi connectivity index (χ3n) is 1.87. The first-order valence-corrected chi connectivity index (χ1v) is 5.44. The summed E-state index contributed by atoms with van der Waals surface area (Å²) in [5, 5.41) is 4.14. The van der Waals surface area contributed by atoms with Gasteiger partial charge in [0.15, 0.2) is 0 Å². The van der Waals surface area contributed by atoms with Gasteiger partial charge in [0.25, 0.3) is 0 Å². The van der Waals surface area contributed by atoms with E-state index < -0.39 is 0 Å². The van der Waals surface area contributed by atoms with Gasteiger partial charge in [-0.25, -0.2) is 0 Å². The zero-order valence-corrected chi connectivity index (χ0v) is 8.65. The second-order valence-electron chi connectivity index (χ2n) is 2.91. The predicted octanol–water partition coefficient (Wildman–Crippen LogP) is 2.87. The van der Waals surface area contributed by atoms with Crippen molar-refractivity contribution in [2.45, 2.75) is 30.5 Å². The van der Waals surface area contributed by atoms with E-state index in [1.807, 2.05) is 0 Å². The van der Waals surface area contributed by atoms with Crippen molar-refractivity contribution < 1.29 is 0 Å². The first-order chi connectivity index (χ1) is 5.29. The van der Waals surface area contributed by atoms with Gasteiger partial charge in [0.05, 0.1) is 10.6 Å². The molecule has 0 saturated heterocycles. The van der Waals surface area contributed by atoms with E-state index in [0.29, 0.717) is 4.83 Å². The molecule has 1 atom stereocenters. The van der Waals surface area contributed by atoms with E-state index in [1.54, 1.807) is 0 Å². The molecule has 60 valence electrons. The molecule has 2 nitrogen and oxygen atoms in total. The molecule has 1 aromatic heterocycles. The Hall–Kier alpha value is 0.0400. The van der Waals surface area contributed by atoms with Crippen molar-refractivity contribution in [3.05, 3.63) is 10.6 Å². The number of hydrogen-bond acceptors (Lipinski definition) is 3. The van der Waals surface area contributed by atoms with Crippen molar-refractivity contribution in [2.24, 2.45) is 0 Å². The van der Waals surface area contributed by atoms with E-state index in [4.69, 9.17) is 0 Å². The lowest BCUT2D eigenvalue weighted by atomic mass is 10.2. The molecule has 11 heavy (non-hydrogen) atoms. The lowest BCUT2D eigenvalue weighted by molar-refractivity contribution is 0.946. The van der Waals surface area contributed by atoms with Crippen molar-refractivity contribution in [3.8, 4) is 0 Å². The number of halogens is 1. The fraction of sp³-hybridized carbons (Fsp3) is 0.714. The van der Waals surface area contributed by atoms with E-state index >= 15 is 0 Å². The third-order valence-corrected chi connectivity index (χ3v) is 3.55. The van der Waals surface area contributed by atoms with Gasteiger partial charge < -0.3 is 0 Å². The molecule has 1 aliphatic carbocycles. The molecule has 1 fully saturated rings. The summed E-state index contributed by atoms with van der Waals surface area (Å²) in [5.41, 5.74) is 1.24. The third kappa shape index (κ3) is 1.47. The SMILES string of the molecule is CC(Br)c1snnc1C1CC1. The topological polar surface area (TPSA) is 25.8 Å². The summed E-state index contributed by atoms with van der Waals surface area (Å²) in [6, 6.07) is 0. The van der Waals surface area contributed by atoms with Crippen LogP contribution in [0, 0.1) is 0 Å². The molecule has 0 spiro atoms. The standard InChI is InChI=1S/C7H9BrN2S/c1-4(8)7-6(5-2-3-5)9-10-11-7/h4-5H,2-3H2,1H3. The van der Waals surface area contributed by atoms with Crippen LogP contribution < -0.4 is 0 Å². The van der Waals surface area contributed by atoms with Crippen LogP contribution in [0.4, 0.5) is 0 Å². The van der Waals surface area contributed by atoms with Gasteiger partial charge in [0.2, 0.25) is 0 Å². The maximum atomic E-state index is 4.14. The van der Waals surface area contributed by atoms with Crippen molar-refractivity contribution in [3.63, 3.8) is 0 Å². The molecule has 0 N–H and O–H groups in total. The Kier molecular flexibility index (Phi) is 1.97. The van der Waals surface area contributed by atoms with Gasteiger partial charge in [-0.1, -0.05) is 20.4 Å². The highest BCUT2D eigenvalue weighted by Gasteiger charge is 2.30. The lowest BCUT2D eigenvalue weighted by Gasteiger charge is -1.99. The number of nitrogens with zero attached hydrogens (tertiary/aromatic N) is 2. The lowest BCUT2D eigenvalue weighted by Crippen LogP contribution is -1.87. The maximum Gasteiger partial charge on any atom is 0.0829 e. The highest BCUT2D eigenvalue weighted by Crippen LogP contribution is 2.43. The van der Waals surface area contributed by atoms with Gasteiger partial charge >= 0.3 is 0 Å².